The van der Waals surface area contributed by atoms with Crippen molar-refractivity contribution in [1.29, 1.82) is 0 Å². The Balaban J connectivity index is 2.36. The van der Waals surface area contributed by atoms with E-state index in [1.165, 1.54) is 30.3 Å². The average Bonchev–Trinajstić information content (AvgIpc) is 2.42. The Labute approximate surface area is 128 Å². The lowest BCUT2D eigenvalue weighted by atomic mass is 10.1. The van der Waals surface area contributed by atoms with E-state index in [2.05, 4.69) is 21.2 Å². The minimum atomic E-state index is -0.613. The van der Waals surface area contributed by atoms with Crippen molar-refractivity contribution < 1.29 is 14.1 Å². The van der Waals surface area contributed by atoms with E-state index in [4.69, 9.17) is 0 Å². The first-order valence-electron chi connectivity index (χ1n) is 5.90. The number of nitrogens with one attached hydrogen (secondary N) is 1. The van der Waals surface area contributed by atoms with E-state index >= 15 is 0 Å². The molecule has 0 aliphatic rings. The summed E-state index contributed by atoms with van der Waals surface area (Å²) in [6.07, 6.45) is 0. The van der Waals surface area contributed by atoms with E-state index in [1.54, 1.807) is 13.0 Å². The average molecular weight is 353 g/mol. The number of nitrogens with zero attached hydrogens (tertiary/aromatic N) is 1. The van der Waals surface area contributed by atoms with Crippen molar-refractivity contribution >= 4 is 33.2 Å². The van der Waals surface area contributed by atoms with Crippen LogP contribution >= 0.6 is 15.9 Å². The van der Waals surface area contributed by atoms with E-state index in [9.17, 15) is 19.3 Å². The van der Waals surface area contributed by atoms with Crippen LogP contribution in [0.15, 0.2) is 40.9 Å². The molecule has 0 radical (unpaired) electrons. The molecule has 2 rings (SSSR count). The number of hydrogen-bond acceptors (Lipinski definition) is 3. The second-order valence-corrected chi connectivity index (χ2v) is 5.16. The van der Waals surface area contributed by atoms with Crippen molar-refractivity contribution in [1.82, 2.24) is 0 Å². The number of aryl methyl sites for hydroxylation is 1. The lowest BCUT2D eigenvalue weighted by Gasteiger charge is -2.08. The maximum absolute atomic E-state index is 13.1. The van der Waals surface area contributed by atoms with Crippen molar-refractivity contribution in [3.63, 3.8) is 0 Å². The van der Waals surface area contributed by atoms with Gasteiger partial charge in [0, 0.05) is 11.8 Å². The summed E-state index contributed by atoms with van der Waals surface area (Å²) in [5, 5.41) is 13.5. The highest BCUT2D eigenvalue weighted by Crippen LogP contribution is 2.25. The quantitative estimate of drug-likeness (QED) is 0.668. The first-order chi connectivity index (χ1) is 9.90. The molecule has 0 bridgehead atoms. The largest absolute Gasteiger partial charge is 0.322 e. The van der Waals surface area contributed by atoms with Gasteiger partial charge in [0.25, 0.3) is 11.6 Å². The minimum Gasteiger partial charge on any atom is -0.322 e. The number of nitro benzene ring substituents is 1. The van der Waals surface area contributed by atoms with Gasteiger partial charge in [-0.3, -0.25) is 14.9 Å². The Morgan fingerprint density at radius 2 is 2.05 bits per heavy atom. The second-order valence-electron chi connectivity index (χ2n) is 4.31. The first kappa shape index (κ1) is 15.1. The summed E-state index contributed by atoms with van der Waals surface area (Å²) in [5.74, 6) is -1.08. The molecule has 2 aromatic carbocycles. The fourth-order valence-corrected chi connectivity index (χ4v) is 2.25. The topological polar surface area (TPSA) is 72.2 Å². The molecule has 1 amide bonds. The number of hydrogen-bond donors (Lipinski definition) is 1. The third-order valence-electron chi connectivity index (χ3n) is 2.85. The van der Waals surface area contributed by atoms with Crippen molar-refractivity contribution in [2.45, 2.75) is 6.92 Å². The molecule has 0 aliphatic carbocycles. The number of amides is 1. The summed E-state index contributed by atoms with van der Waals surface area (Å²) in [5.41, 5.74) is 0.547. The van der Waals surface area contributed by atoms with Crippen LogP contribution in [0.3, 0.4) is 0 Å². The summed E-state index contributed by atoms with van der Waals surface area (Å²) >= 11 is 3.01. The standard InChI is InChI=1S/C14H10BrFN2O3/c1-8-3-2-4-12(18(20)21)13(8)14(19)17-9-5-6-11(16)10(15)7-9/h2-7H,1H3,(H,17,19). The summed E-state index contributed by atoms with van der Waals surface area (Å²) in [7, 11) is 0. The molecule has 108 valence electrons. The number of carbonyl (C=O) groups is 1. The molecule has 0 fully saturated rings. The summed E-state index contributed by atoms with van der Waals surface area (Å²) in [6, 6.07) is 8.34. The van der Waals surface area contributed by atoms with Gasteiger partial charge in [-0.2, -0.15) is 0 Å². The number of anilines is 1. The second kappa shape index (κ2) is 6.01. The van der Waals surface area contributed by atoms with Crippen LogP contribution < -0.4 is 5.32 Å². The molecule has 0 unspecified atom stereocenters. The van der Waals surface area contributed by atoms with E-state index < -0.39 is 16.6 Å². The van der Waals surface area contributed by atoms with Crippen molar-refractivity contribution in [2.24, 2.45) is 0 Å². The molecule has 21 heavy (non-hydrogen) atoms. The van der Waals surface area contributed by atoms with E-state index in [0.717, 1.165) is 0 Å². The highest BCUT2D eigenvalue weighted by molar-refractivity contribution is 9.10. The highest BCUT2D eigenvalue weighted by atomic mass is 79.9. The van der Waals surface area contributed by atoms with Crippen molar-refractivity contribution in [3.05, 3.63) is 67.9 Å². The molecule has 0 heterocycles. The minimum absolute atomic E-state index is 0.0112. The van der Waals surface area contributed by atoms with Gasteiger partial charge in [-0.1, -0.05) is 12.1 Å². The molecule has 0 saturated heterocycles. The van der Waals surface area contributed by atoms with E-state index in [-0.39, 0.29) is 15.7 Å². The van der Waals surface area contributed by atoms with Gasteiger partial charge in [-0.05, 0) is 46.6 Å². The van der Waals surface area contributed by atoms with Gasteiger partial charge >= 0.3 is 0 Å². The molecule has 2 aromatic rings. The molecular formula is C14H10BrFN2O3. The zero-order valence-corrected chi connectivity index (χ0v) is 12.5. The zero-order valence-electron chi connectivity index (χ0n) is 10.9. The summed E-state index contributed by atoms with van der Waals surface area (Å²) in [4.78, 5) is 22.6. The predicted octanol–water partition coefficient (Wildman–Crippen LogP) is 4.06. The Morgan fingerprint density at radius 3 is 2.67 bits per heavy atom. The Hall–Kier alpha value is -2.28. The van der Waals surface area contributed by atoms with Crippen LogP contribution in [-0.4, -0.2) is 10.8 Å². The van der Waals surface area contributed by atoms with Crippen LogP contribution in [0.1, 0.15) is 15.9 Å². The van der Waals surface area contributed by atoms with Crippen LogP contribution in [-0.2, 0) is 0 Å². The molecule has 0 aliphatic heterocycles. The van der Waals surface area contributed by atoms with Crippen LogP contribution in [0.2, 0.25) is 0 Å². The van der Waals surface area contributed by atoms with Crippen molar-refractivity contribution in [2.75, 3.05) is 5.32 Å². The maximum Gasteiger partial charge on any atom is 0.282 e. The fraction of sp³-hybridized carbons (Fsp3) is 0.0714. The molecule has 0 aromatic heterocycles. The lowest BCUT2D eigenvalue weighted by Crippen LogP contribution is -2.15. The van der Waals surface area contributed by atoms with Gasteiger partial charge in [0.1, 0.15) is 11.4 Å². The van der Waals surface area contributed by atoms with Crippen LogP contribution in [0.25, 0.3) is 0 Å². The lowest BCUT2D eigenvalue weighted by molar-refractivity contribution is -0.385. The number of nitro groups is 1. The Bertz CT molecular complexity index is 734. The van der Waals surface area contributed by atoms with E-state index in [1.807, 2.05) is 0 Å². The van der Waals surface area contributed by atoms with Crippen LogP contribution in [0, 0.1) is 22.9 Å². The molecule has 1 N–H and O–H groups in total. The van der Waals surface area contributed by atoms with Gasteiger partial charge in [0.2, 0.25) is 0 Å². The SMILES string of the molecule is Cc1cccc([N+](=O)[O-])c1C(=O)Nc1ccc(F)c(Br)c1. The van der Waals surface area contributed by atoms with Gasteiger partial charge in [-0.15, -0.1) is 0 Å². The normalized spacial score (nSPS) is 10.2. The van der Waals surface area contributed by atoms with Gasteiger partial charge in [0.05, 0.1) is 9.40 Å². The highest BCUT2D eigenvalue weighted by Gasteiger charge is 2.22. The predicted molar refractivity (Wildman–Crippen MR) is 79.9 cm³/mol. The first-order valence-corrected chi connectivity index (χ1v) is 6.70. The van der Waals surface area contributed by atoms with Gasteiger partial charge < -0.3 is 5.32 Å². The molecule has 0 spiro atoms. The number of benzene rings is 2. The number of rotatable bonds is 3. The number of carbonyl (C=O) groups excluding carboxylic acids is 1. The van der Waals surface area contributed by atoms with Crippen LogP contribution in [0.4, 0.5) is 15.8 Å². The third-order valence-corrected chi connectivity index (χ3v) is 3.46. The van der Waals surface area contributed by atoms with Gasteiger partial charge in [-0.25, -0.2) is 4.39 Å². The molecule has 5 nitrogen and oxygen atoms in total. The summed E-state index contributed by atoms with van der Waals surface area (Å²) < 4.78 is 13.3. The molecular weight excluding hydrogens is 343 g/mol. The fourth-order valence-electron chi connectivity index (χ4n) is 1.87. The van der Waals surface area contributed by atoms with Crippen molar-refractivity contribution in [3.8, 4) is 0 Å². The number of halogens is 2. The molecule has 7 heteroatoms. The van der Waals surface area contributed by atoms with Crippen LogP contribution in [0.5, 0.6) is 0 Å². The smallest absolute Gasteiger partial charge is 0.282 e. The van der Waals surface area contributed by atoms with E-state index in [0.29, 0.717) is 11.3 Å². The maximum atomic E-state index is 13.1. The molecule has 0 saturated carbocycles. The summed E-state index contributed by atoms with van der Waals surface area (Å²) in [6.45, 7) is 1.61. The third kappa shape index (κ3) is 3.25. The monoisotopic (exact) mass is 352 g/mol. The Kier molecular flexibility index (Phi) is 4.32. The van der Waals surface area contributed by atoms with Gasteiger partial charge in [0.15, 0.2) is 0 Å². The molecule has 0 atom stereocenters. The Morgan fingerprint density at radius 1 is 1.33 bits per heavy atom. The zero-order chi connectivity index (χ0) is 15.6.